The van der Waals surface area contributed by atoms with Crippen molar-refractivity contribution >= 4 is 19.3 Å². The van der Waals surface area contributed by atoms with Gasteiger partial charge in [-0.05, 0) is 49.3 Å². The van der Waals surface area contributed by atoms with Crippen molar-refractivity contribution in [3.63, 3.8) is 0 Å². The summed E-state index contributed by atoms with van der Waals surface area (Å²) in [4.78, 5) is 20.3. The number of benzene rings is 1. The quantitative estimate of drug-likeness (QED) is 0.309. The molecule has 1 radical (unpaired) electrons. The van der Waals surface area contributed by atoms with E-state index in [4.69, 9.17) is 9.59 Å². The normalized spacial score (nSPS) is 10.7. The molecule has 0 aliphatic heterocycles. The van der Waals surface area contributed by atoms with Crippen molar-refractivity contribution in [3.05, 3.63) is 53.6 Å². The third kappa shape index (κ3) is 18.3. The van der Waals surface area contributed by atoms with Crippen LogP contribution in [0.15, 0.2) is 36.0 Å². The van der Waals surface area contributed by atoms with Gasteiger partial charge in [0, 0.05) is 30.5 Å². The van der Waals surface area contributed by atoms with E-state index in [0.29, 0.717) is 0 Å². The molecule has 0 aliphatic carbocycles. The molecule has 29 heavy (non-hydrogen) atoms. The molecule has 0 spiro atoms. The van der Waals surface area contributed by atoms with Crippen molar-refractivity contribution in [1.82, 2.24) is 0 Å². The Balaban J connectivity index is -0.000000407. The van der Waals surface area contributed by atoms with Gasteiger partial charge < -0.3 is 15.5 Å². The third-order valence-corrected chi connectivity index (χ3v) is 4.27. The van der Waals surface area contributed by atoms with Gasteiger partial charge in [0.1, 0.15) is 13.6 Å². The van der Waals surface area contributed by atoms with E-state index in [0.717, 1.165) is 11.6 Å². The van der Waals surface area contributed by atoms with Crippen LogP contribution >= 0.6 is 0 Å². The first-order valence-electron chi connectivity index (χ1n) is 10.1. The van der Waals surface area contributed by atoms with Gasteiger partial charge in [0.2, 0.25) is 0 Å². The summed E-state index contributed by atoms with van der Waals surface area (Å²) in [5, 5.41) is 0. The second kappa shape index (κ2) is 24.6. The van der Waals surface area contributed by atoms with Gasteiger partial charge in [-0.2, -0.15) is 20.3 Å². The van der Waals surface area contributed by atoms with E-state index in [9.17, 15) is 0 Å². The van der Waals surface area contributed by atoms with Crippen LogP contribution in [0.1, 0.15) is 83.9 Å². The average Bonchev–Trinajstić information content (AvgIpc) is 2.71. The van der Waals surface area contributed by atoms with E-state index in [1.807, 2.05) is 34.3 Å². The smallest absolute Gasteiger partial charge is 0.106 e. The predicted octanol–water partition coefficient (Wildman–Crippen LogP) is 6.95. The number of carbonyl (C=O) groups is 2. The van der Waals surface area contributed by atoms with Gasteiger partial charge in [0.25, 0.3) is 0 Å². The van der Waals surface area contributed by atoms with E-state index in [1.165, 1.54) is 48.8 Å². The van der Waals surface area contributed by atoms with Crippen LogP contribution in [-0.2, 0) is 34.6 Å². The number of carbonyl (C=O) groups excluding carboxylic acids is 2. The Hall–Kier alpha value is -1.45. The van der Waals surface area contributed by atoms with E-state index in [2.05, 4.69) is 57.5 Å². The zero-order valence-electron chi connectivity index (χ0n) is 19.8. The maximum Gasteiger partial charge on any atom is 0.106 e. The van der Waals surface area contributed by atoms with Crippen molar-refractivity contribution in [2.24, 2.45) is 10.9 Å². The molecule has 0 aliphatic rings. The predicted molar refractivity (Wildman–Crippen MR) is 125 cm³/mol. The molecule has 1 aromatic rings. The second-order valence-electron chi connectivity index (χ2n) is 6.79. The van der Waals surface area contributed by atoms with Gasteiger partial charge in [-0.1, -0.05) is 58.4 Å². The van der Waals surface area contributed by atoms with Crippen LogP contribution in [0, 0.1) is 18.8 Å². The van der Waals surface area contributed by atoms with Crippen molar-refractivity contribution < 1.29 is 28.1 Å². The molecule has 0 saturated heterocycles. The van der Waals surface area contributed by atoms with Crippen LogP contribution in [0.4, 0.5) is 0 Å². The van der Waals surface area contributed by atoms with Crippen molar-refractivity contribution in [2.45, 2.75) is 80.6 Å². The number of hydrogen-bond acceptors (Lipinski definition) is 3. The molecule has 4 heteroatoms. The fraction of sp³-hybridized carbons (Fsp3) is 0.520. The fourth-order valence-corrected chi connectivity index (χ4v) is 2.83. The molecule has 0 unspecified atom stereocenters. The van der Waals surface area contributed by atoms with E-state index in [1.54, 1.807) is 12.1 Å². The topological polar surface area (TPSA) is 46.5 Å². The maximum atomic E-state index is 8.00. The number of aryl methyl sites for hydroxylation is 2. The summed E-state index contributed by atoms with van der Waals surface area (Å²) in [6, 6.07) is 6.76. The van der Waals surface area contributed by atoms with Gasteiger partial charge in [-0.15, -0.1) is 0 Å². The zero-order chi connectivity index (χ0) is 22.5. The Labute approximate surface area is 192 Å². The molecule has 3 nitrogen and oxygen atoms in total. The summed E-state index contributed by atoms with van der Waals surface area (Å²) in [5.41, 5.74) is 5.02. The monoisotopic (exact) mass is 439 g/mol. The molecule has 0 bridgehead atoms. The fourth-order valence-electron chi connectivity index (χ4n) is 2.83. The molecule has 0 aromatic heterocycles. The van der Waals surface area contributed by atoms with Gasteiger partial charge in [-0.3, -0.25) is 4.99 Å². The van der Waals surface area contributed by atoms with E-state index < -0.39 is 0 Å². The van der Waals surface area contributed by atoms with Crippen LogP contribution in [0.25, 0.3) is 0 Å². The SMILES string of the molecule is C=CN=C(C)c1ccc(CCC[C@@H](C)CC[C-](C)C)cc1C.C=O.C=O.CC.[V]. The summed E-state index contributed by atoms with van der Waals surface area (Å²) >= 11 is 0. The first-order valence-corrected chi connectivity index (χ1v) is 10.1. The van der Waals surface area contributed by atoms with Crippen LogP contribution in [0.3, 0.4) is 0 Å². The Morgan fingerprint density at radius 3 is 2.14 bits per heavy atom. The summed E-state index contributed by atoms with van der Waals surface area (Å²) in [6.07, 6.45) is 8.00. The van der Waals surface area contributed by atoms with Gasteiger partial charge >= 0.3 is 0 Å². The average molecular weight is 440 g/mol. The van der Waals surface area contributed by atoms with Crippen LogP contribution in [0.5, 0.6) is 0 Å². The number of aliphatic imine (C=N–C) groups is 1. The van der Waals surface area contributed by atoms with Crippen LogP contribution in [0.2, 0.25) is 0 Å². The molecule has 0 fully saturated rings. The minimum atomic E-state index is 0. The zero-order valence-corrected chi connectivity index (χ0v) is 21.2. The number of hydrogen-bond donors (Lipinski definition) is 0. The molecule has 1 rings (SSSR count). The second-order valence-corrected chi connectivity index (χ2v) is 6.79. The van der Waals surface area contributed by atoms with Crippen molar-refractivity contribution in [2.75, 3.05) is 0 Å². The first kappa shape index (κ1) is 35.0. The molecule has 1 atom stereocenters. The Bertz CT molecular complexity index is 540. The van der Waals surface area contributed by atoms with E-state index >= 15 is 0 Å². The summed E-state index contributed by atoms with van der Waals surface area (Å²) in [5.74, 6) is 2.38. The van der Waals surface area contributed by atoms with Crippen molar-refractivity contribution in [3.8, 4) is 0 Å². The summed E-state index contributed by atoms with van der Waals surface area (Å²) in [6.45, 7) is 22.7. The first-order chi connectivity index (χ1) is 13.4. The van der Waals surface area contributed by atoms with Gasteiger partial charge in [0.05, 0.1) is 0 Å². The Kier molecular flexibility index (Phi) is 29.7. The Morgan fingerprint density at radius 2 is 1.69 bits per heavy atom. The molecular formula is C25H42NO2V-. The minimum Gasteiger partial charge on any atom is -0.320 e. The van der Waals surface area contributed by atoms with Crippen LogP contribution < -0.4 is 0 Å². The molecule has 0 amide bonds. The minimum absolute atomic E-state index is 0. The maximum absolute atomic E-state index is 8.00. The molecule has 1 aromatic carbocycles. The molecule has 0 saturated carbocycles. The third-order valence-electron chi connectivity index (χ3n) is 4.27. The molecule has 165 valence electrons. The Morgan fingerprint density at radius 1 is 1.14 bits per heavy atom. The summed E-state index contributed by atoms with van der Waals surface area (Å²) < 4.78 is 0. The van der Waals surface area contributed by atoms with Crippen LogP contribution in [-0.4, -0.2) is 19.3 Å². The van der Waals surface area contributed by atoms with E-state index in [-0.39, 0.29) is 18.6 Å². The number of nitrogens with zero attached hydrogens (tertiary/aromatic N) is 1. The molecule has 0 heterocycles. The summed E-state index contributed by atoms with van der Waals surface area (Å²) in [7, 11) is 0. The largest absolute Gasteiger partial charge is 0.320 e. The van der Waals surface area contributed by atoms with Gasteiger partial charge in [0.15, 0.2) is 0 Å². The molecular weight excluding hydrogens is 397 g/mol. The van der Waals surface area contributed by atoms with Gasteiger partial charge in [-0.25, -0.2) is 0 Å². The standard InChI is InChI=1S/C21H32N.C2H6.2CH2O.V/c1-7-22-19(6)21-14-13-20(15-18(21)5)10-8-9-17(4)12-11-16(2)3;3*1-2;/h7,13-15,17H,1,8-12H2,2-6H3;1-2H3;2*1H2;/q-1;;;;/t17-;;;;/m1..../s1. The number of rotatable bonds is 9. The molecule has 0 N–H and O–H groups in total. The van der Waals surface area contributed by atoms with Crippen molar-refractivity contribution in [1.29, 1.82) is 0 Å².